The van der Waals surface area contributed by atoms with E-state index in [1.807, 2.05) is 13.8 Å². The number of urea groups is 1. The van der Waals surface area contributed by atoms with Crippen molar-refractivity contribution in [3.63, 3.8) is 0 Å². The molecule has 0 bridgehead atoms. The largest absolute Gasteiger partial charge is 0.361 e. The van der Waals surface area contributed by atoms with Gasteiger partial charge in [0.15, 0.2) is 5.82 Å². The Kier molecular flexibility index (Phi) is 5.51. The van der Waals surface area contributed by atoms with Crippen LogP contribution in [0.25, 0.3) is 0 Å². The van der Waals surface area contributed by atoms with Gasteiger partial charge in [-0.25, -0.2) is 9.48 Å². The van der Waals surface area contributed by atoms with Gasteiger partial charge >= 0.3 is 6.03 Å². The second-order valence-electron chi connectivity index (χ2n) is 5.53. The number of nitrogens with zero attached hydrogens (tertiary/aromatic N) is 5. The zero-order valence-electron chi connectivity index (χ0n) is 14.2. The summed E-state index contributed by atoms with van der Waals surface area (Å²) in [5, 5.41) is 16.8. The van der Waals surface area contributed by atoms with Crippen molar-refractivity contribution >= 4 is 17.8 Å². The minimum atomic E-state index is -0.314. The van der Waals surface area contributed by atoms with Crippen molar-refractivity contribution in [3.8, 4) is 0 Å². The van der Waals surface area contributed by atoms with Gasteiger partial charge in [0, 0.05) is 26.2 Å². The molecule has 2 aromatic rings. The van der Waals surface area contributed by atoms with Crippen LogP contribution in [0.5, 0.6) is 0 Å². The van der Waals surface area contributed by atoms with E-state index in [9.17, 15) is 9.59 Å². The van der Waals surface area contributed by atoms with Crippen LogP contribution in [0.4, 0.5) is 10.6 Å². The van der Waals surface area contributed by atoms with E-state index in [1.54, 1.807) is 14.1 Å². The number of amides is 3. The Hall–Kier alpha value is -2.91. The maximum atomic E-state index is 11.9. The van der Waals surface area contributed by atoms with E-state index in [4.69, 9.17) is 4.52 Å². The van der Waals surface area contributed by atoms with Crippen molar-refractivity contribution < 1.29 is 14.1 Å². The minimum Gasteiger partial charge on any atom is -0.361 e. The van der Waals surface area contributed by atoms with Crippen LogP contribution in [0.1, 0.15) is 17.0 Å². The molecule has 2 rings (SSSR count). The number of carbonyl (C=O) groups is 2. The van der Waals surface area contributed by atoms with Crippen molar-refractivity contribution in [1.82, 2.24) is 30.4 Å². The summed E-state index contributed by atoms with van der Waals surface area (Å²) in [6.07, 6.45) is 2.14. The number of nitrogens with one attached hydrogen (secondary N) is 2. The van der Waals surface area contributed by atoms with Gasteiger partial charge in [0.05, 0.1) is 11.9 Å². The first-order valence-electron chi connectivity index (χ1n) is 7.43. The van der Waals surface area contributed by atoms with Crippen molar-refractivity contribution in [2.75, 3.05) is 26.0 Å². The summed E-state index contributed by atoms with van der Waals surface area (Å²) in [5.74, 6) is 0.855. The Labute approximate surface area is 139 Å². The molecule has 10 nitrogen and oxygen atoms in total. The predicted molar refractivity (Wildman–Crippen MR) is 85.4 cm³/mol. The highest BCUT2D eigenvalue weighted by Crippen LogP contribution is 2.12. The maximum Gasteiger partial charge on any atom is 0.322 e. The zero-order valence-corrected chi connectivity index (χ0v) is 14.2. The lowest BCUT2D eigenvalue weighted by molar-refractivity contribution is -0.121. The van der Waals surface area contributed by atoms with Gasteiger partial charge in [0.2, 0.25) is 5.91 Å². The predicted octanol–water partition coefficient (Wildman–Crippen LogP) is 0.335. The number of hydrogen-bond acceptors (Lipinski definition) is 6. The van der Waals surface area contributed by atoms with E-state index in [0.29, 0.717) is 13.0 Å². The lowest BCUT2D eigenvalue weighted by Gasteiger charge is -2.09. The third kappa shape index (κ3) is 4.54. The molecule has 2 heterocycles. The fraction of sp³-hybridized carbons (Fsp3) is 0.500. The van der Waals surface area contributed by atoms with Crippen LogP contribution in [-0.2, 0) is 17.8 Å². The van der Waals surface area contributed by atoms with Gasteiger partial charge in [0.1, 0.15) is 12.3 Å². The van der Waals surface area contributed by atoms with Gasteiger partial charge in [-0.15, -0.1) is 5.10 Å². The van der Waals surface area contributed by atoms with Crippen molar-refractivity contribution in [3.05, 3.63) is 23.2 Å². The van der Waals surface area contributed by atoms with Crippen LogP contribution >= 0.6 is 0 Å². The molecule has 0 atom stereocenters. The number of anilines is 1. The molecule has 0 unspecified atom stereocenters. The fourth-order valence-corrected chi connectivity index (χ4v) is 2.04. The van der Waals surface area contributed by atoms with Crippen LogP contribution in [0.15, 0.2) is 10.7 Å². The average Bonchev–Trinajstić information content (AvgIpc) is 3.07. The molecular weight excluding hydrogens is 314 g/mol. The van der Waals surface area contributed by atoms with E-state index in [-0.39, 0.29) is 24.3 Å². The van der Waals surface area contributed by atoms with Crippen LogP contribution in [0, 0.1) is 13.8 Å². The molecular formula is C14H21N7O3. The molecule has 0 saturated heterocycles. The monoisotopic (exact) mass is 335 g/mol. The van der Waals surface area contributed by atoms with Crippen LogP contribution in [0.3, 0.4) is 0 Å². The van der Waals surface area contributed by atoms with Gasteiger partial charge in [-0.05, 0) is 20.3 Å². The summed E-state index contributed by atoms with van der Waals surface area (Å²) in [5.41, 5.74) is 1.84. The molecule has 0 saturated carbocycles. The summed E-state index contributed by atoms with van der Waals surface area (Å²) in [6, 6.07) is -0.314. The first kappa shape index (κ1) is 17.4. The maximum absolute atomic E-state index is 11.9. The van der Waals surface area contributed by atoms with E-state index in [0.717, 1.165) is 17.0 Å². The molecule has 0 aliphatic rings. The van der Waals surface area contributed by atoms with Gasteiger partial charge < -0.3 is 14.7 Å². The molecule has 0 fully saturated rings. The fourth-order valence-electron chi connectivity index (χ4n) is 2.04. The highest BCUT2D eigenvalue weighted by atomic mass is 16.5. The quantitative estimate of drug-likeness (QED) is 0.785. The highest BCUT2D eigenvalue weighted by molar-refractivity contribution is 5.87. The number of aromatic nitrogens is 4. The number of hydrogen-bond donors (Lipinski definition) is 2. The summed E-state index contributed by atoms with van der Waals surface area (Å²) < 4.78 is 6.43. The first-order chi connectivity index (χ1) is 11.4. The normalized spacial score (nSPS) is 10.5. The number of rotatable bonds is 6. The first-order valence-corrected chi connectivity index (χ1v) is 7.43. The molecule has 24 heavy (non-hydrogen) atoms. The topological polar surface area (TPSA) is 118 Å². The average molecular weight is 335 g/mol. The molecule has 10 heteroatoms. The van der Waals surface area contributed by atoms with E-state index in [2.05, 4.69) is 26.1 Å². The lowest BCUT2D eigenvalue weighted by Crippen LogP contribution is -2.29. The number of carbonyl (C=O) groups excluding carboxylic acids is 2. The Morgan fingerprint density at radius 1 is 1.33 bits per heavy atom. The summed E-state index contributed by atoms with van der Waals surface area (Å²) in [6.45, 7) is 4.20. The Balaban J connectivity index is 1.78. The standard InChI is InChI=1S/C14H21N7O3/c1-9-11(10(2)24-18-9)5-6-15-13(22)8-21-7-12(17-19-21)16-14(23)20(3)4/h7H,5-6,8H2,1-4H3,(H,15,22)(H,16,23). The molecule has 3 amide bonds. The highest BCUT2D eigenvalue weighted by Gasteiger charge is 2.11. The SMILES string of the molecule is Cc1noc(C)c1CCNC(=O)Cn1cc(NC(=O)N(C)C)nn1. The van der Waals surface area contributed by atoms with Gasteiger partial charge in [-0.2, -0.15) is 0 Å². The second kappa shape index (κ2) is 7.57. The molecule has 2 N–H and O–H groups in total. The van der Waals surface area contributed by atoms with Crippen molar-refractivity contribution in [1.29, 1.82) is 0 Å². The lowest BCUT2D eigenvalue weighted by atomic mass is 10.1. The summed E-state index contributed by atoms with van der Waals surface area (Å²) >= 11 is 0. The third-order valence-electron chi connectivity index (χ3n) is 3.36. The number of aryl methyl sites for hydroxylation is 2. The van der Waals surface area contributed by atoms with Crippen LogP contribution < -0.4 is 10.6 Å². The van der Waals surface area contributed by atoms with Crippen LogP contribution in [-0.4, -0.2) is 57.6 Å². The van der Waals surface area contributed by atoms with Gasteiger partial charge in [0.25, 0.3) is 0 Å². The van der Waals surface area contributed by atoms with E-state index >= 15 is 0 Å². The smallest absolute Gasteiger partial charge is 0.322 e. The summed E-state index contributed by atoms with van der Waals surface area (Å²) in [7, 11) is 3.23. The molecule has 0 aliphatic carbocycles. The Bertz CT molecular complexity index is 700. The summed E-state index contributed by atoms with van der Waals surface area (Å²) in [4.78, 5) is 24.8. The Morgan fingerprint density at radius 2 is 2.08 bits per heavy atom. The van der Waals surface area contributed by atoms with Crippen molar-refractivity contribution in [2.45, 2.75) is 26.8 Å². The molecule has 0 radical (unpaired) electrons. The van der Waals surface area contributed by atoms with E-state index in [1.165, 1.54) is 15.8 Å². The Morgan fingerprint density at radius 3 is 2.71 bits per heavy atom. The molecule has 2 aromatic heterocycles. The molecule has 0 aliphatic heterocycles. The molecule has 130 valence electrons. The van der Waals surface area contributed by atoms with Crippen LogP contribution in [0.2, 0.25) is 0 Å². The third-order valence-corrected chi connectivity index (χ3v) is 3.36. The molecule has 0 aromatic carbocycles. The van der Waals surface area contributed by atoms with Gasteiger partial charge in [-0.1, -0.05) is 10.4 Å². The minimum absolute atomic E-state index is 0.0203. The van der Waals surface area contributed by atoms with Crippen molar-refractivity contribution in [2.24, 2.45) is 0 Å². The zero-order chi connectivity index (χ0) is 17.7. The van der Waals surface area contributed by atoms with Gasteiger partial charge in [-0.3, -0.25) is 10.1 Å². The van der Waals surface area contributed by atoms with E-state index < -0.39 is 0 Å². The second-order valence-corrected chi connectivity index (χ2v) is 5.53. The molecule has 0 spiro atoms.